The lowest BCUT2D eigenvalue weighted by atomic mass is 10.1. The molecule has 0 saturated carbocycles. The fourth-order valence-electron chi connectivity index (χ4n) is 3.96. The van der Waals surface area contributed by atoms with Crippen molar-refractivity contribution in [2.24, 2.45) is 0 Å². The van der Waals surface area contributed by atoms with Gasteiger partial charge in [-0.3, -0.25) is 9.10 Å². The molecule has 0 radical (unpaired) electrons. The predicted octanol–water partition coefficient (Wildman–Crippen LogP) is 3.73. The van der Waals surface area contributed by atoms with Crippen molar-refractivity contribution in [3.63, 3.8) is 0 Å². The summed E-state index contributed by atoms with van der Waals surface area (Å²) in [7, 11) is -3.99. The van der Waals surface area contributed by atoms with Crippen LogP contribution in [0.5, 0.6) is 0 Å². The van der Waals surface area contributed by atoms with Crippen LogP contribution in [0.25, 0.3) is 22.0 Å². The van der Waals surface area contributed by atoms with Gasteiger partial charge in [0.15, 0.2) is 0 Å². The first-order valence-corrected chi connectivity index (χ1v) is 13.2. The summed E-state index contributed by atoms with van der Waals surface area (Å²) >= 11 is 5.94. The van der Waals surface area contributed by atoms with Crippen LogP contribution < -0.4 is 9.86 Å². The van der Waals surface area contributed by atoms with Gasteiger partial charge in [-0.25, -0.2) is 17.9 Å². The summed E-state index contributed by atoms with van der Waals surface area (Å²) in [6.07, 6.45) is 0.744. The molecule has 1 unspecified atom stereocenters. The smallest absolute Gasteiger partial charge is 0.327 e. The summed E-state index contributed by atoms with van der Waals surface area (Å²) in [6.45, 7) is 1.73. The first-order chi connectivity index (χ1) is 17.0. The molecule has 0 fully saturated rings. The molecule has 0 saturated heterocycles. The Hall–Kier alpha value is -3.76. The quantitative estimate of drug-likeness (QED) is 0.371. The molecule has 0 aliphatic heterocycles. The molecule has 36 heavy (non-hydrogen) atoms. The number of hydrogen-bond acceptors (Lipinski definition) is 6. The minimum atomic E-state index is -3.99. The van der Waals surface area contributed by atoms with E-state index in [1.807, 2.05) is 19.1 Å². The molecule has 3 aromatic carbocycles. The first-order valence-electron chi connectivity index (χ1n) is 11.0. The lowest BCUT2D eigenvalue weighted by Gasteiger charge is -2.29. The van der Waals surface area contributed by atoms with Gasteiger partial charge in [-0.2, -0.15) is 0 Å². The van der Waals surface area contributed by atoms with Crippen LogP contribution >= 0.6 is 11.6 Å². The van der Waals surface area contributed by atoms with E-state index in [1.54, 1.807) is 54.6 Å². The van der Waals surface area contributed by atoms with Gasteiger partial charge in [-0.05, 0) is 66.4 Å². The SMILES string of the molecule is Cc1ccc2c(=O)n(CCC(C(=O)O)N(c3ccc(-c4ccc(Cl)cc4)cc3)S(C)(=O)=O)nnc2c1. The van der Waals surface area contributed by atoms with Gasteiger partial charge >= 0.3 is 5.97 Å². The van der Waals surface area contributed by atoms with Crippen LogP contribution in [0.1, 0.15) is 12.0 Å². The summed E-state index contributed by atoms with van der Waals surface area (Å²) < 4.78 is 27.3. The number of carbonyl (C=O) groups is 1. The van der Waals surface area contributed by atoms with Gasteiger partial charge in [0.2, 0.25) is 10.0 Å². The van der Waals surface area contributed by atoms with E-state index in [4.69, 9.17) is 11.6 Å². The number of aliphatic carboxylic acids is 1. The molecule has 1 N–H and O–H groups in total. The maximum Gasteiger partial charge on any atom is 0.327 e. The standard InChI is InChI=1S/C25H23ClN4O5S/c1-16-3-12-21-22(15-16)27-28-29(24(21)31)14-13-23(25(32)33)30(36(2,34)35)20-10-6-18(7-11-20)17-4-8-19(26)9-5-17/h3-12,15,23H,13-14H2,1-2H3,(H,32,33). The molecule has 1 heterocycles. The van der Waals surface area contributed by atoms with E-state index in [-0.39, 0.29) is 18.7 Å². The summed E-state index contributed by atoms with van der Waals surface area (Å²) in [5.74, 6) is -1.35. The maximum absolute atomic E-state index is 12.8. The number of benzene rings is 3. The van der Waals surface area contributed by atoms with Gasteiger partial charge < -0.3 is 5.11 Å². The largest absolute Gasteiger partial charge is 0.480 e. The molecule has 11 heteroatoms. The number of halogens is 1. The Kier molecular flexibility index (Phi) is 7.09. The van der Waals surface area contributed by atoms with Crippen LogP contribution in [0.15, 0.2) is 71.5 Å². The Bertz CT molecular complexity index is 1590. The highest BCUT2D eigenvalue weighted by Crippen LogP contribution is 2.28. The average molecular weight is 527 g/mol. The molecule has 4 rings (SSSR count). The van der Waals surface area contributed by atoms with Crippen molar-refractivity contribution in [3.05, 3.63) is 87.7 Å². The molecule has 9 nitrogen and oxygen atoms in total. The van der Waals surface area contributed by atoms with Crippen LogP contribution in [-0.4, -0.2) is 46.8 Å². The molecule has 0 spiro atoms. The van der Waals surface area contributed by atoms with Crippen molar-refractivity contribution in [2.45, 2.75) is 25.9 Å². The fourth-order valence-corrected chi connectivity index (χ4v) is 5.25. The monoisotopic (exact) mass is 526 g/mol. The van der Waals surface area contributed by atoms with Crippen molar-refractivity contribution in [2.75, 3.05) is 10.6 Å². The zero-order chi connectivity index (χ0) is 26.0. The highest BCUT2D eigenvalue weighted by molar-refractivity contribution is 7.92. The third-order valence-corrected chi connectivity index (χ3v) is 7.15. The number of sulfonamides is 1. The number of hydrogen-bond donors (Lipinski definition) is 1. The zero-order valence-corrected chi connectivity index (χ0v) is 21.1. The second kappa shape index (κ2) is 10.1. The molecule has 1 aromatic heterocycles. The van der Waals surface area contributed by atoms with Crippen LogP contribution in [0.3, 0.4) is 0 Å². The summed E-state index contributed by atoms with van der Waals surface area (Å²) in [4.78, 5) is 25.0. The number of anilines is 1. The van der Waals surface area contributed by atoms with E-state index < -0.39 is 27.6 Å². The number of nitrogens with zero attached hydrogens (tertiary/aromatic N) is 4. The number of carboxylic acid groups (broad SMARTS) is 1. The van der Waals surface area contributed by atoms with Crippen molar-refractivity contribution in [1.82, 2.24) is 15.0 Å². The molecule has 0 amide bonds. The topological polar surface area (TPSA) is 122 Å². The summed E-state index contributed by atoms with van der Waals surface area (Å²) in [6, 6.07) is 17.3. The third-order valence-electron chi connectivity index (χ3n) is 5.72. The maximum atomic E-state index is 12.8. The molecule has 1 atom stereocenters. The third kappa shape index (κ3) is 5.39. The molecule has 0 aliphatic carbocycles. The van der Waals surface area contributed by atoms with Gasteiger partial charge in [0, 0.05) is 11.6 Å². The van der Waals surface area contributed by atoms with E-state index >= 15 is 0 Å². The van der Waals surface area contributed by atoms with Gasteiger partial charge in [0.05, 0.1) is 17.3 Å². The van der Waals surface area contributed by atoms with Crippen LogP contribution in [0, 0.1) is 6.92 Å². The molecular formula is C25H23ClN4O5S. The summed E-state index contributed by atoms with van der Waals surface area (Å²) in [5, 5.41) is 18.8. The normalized spacial score (nSPS) is 12.4. The van der Waals surface area contributed by atoms with Gasteiger partial charge in [0.1, 0.15) is 11.6 Å². The molecule has 186 valence electrons. The molecule has 0 aliphatic rings. The Morgan fingerprint density at radius 2 is 1.67 bits per heavy atom. The minimum absolute atomic E-state index is 0.137. The Balaban J connectivity index is 1.64. The lowest BCUT2D eigenvalue weighted by Crippen LogP contribution is -2.46. The fraction of sp³-hybridized carbons (Fsp3) is 0.200. The number of fused-ring (bicyclic) bond motifs is 1. The molecular weight excluding hydrogens is 504 g/mol. The van der Waals surface area contributed by atoms with Gasteiger partial charge in [0.25, 0.3) is 5.56 Å². The number of carboxylic acids is 1. The lowest BCUT2D eigenvalue weighted by molar-refractivity contribution is -0.138. The van der Waals surface area contributed by atoms with E-state index in [0.29, 0.717) is 15.9 Å². The van der Waals surface area contributed by atoms with E-state index in [1.165, 1.54) is 0 Å². The van der Waals surface area contributed by atoms with E-state index in [9.17, 15) is 23.1 Å². The van der Waals surface area contributed by atoms with Crippen molar-refractivity contribution in [3.8, 4) is 11.1 Å². The number of aryl methyl sites for hydroxylation is 2. The van der Waals surface area contributed by atoms with E-state index in [2.05, 4.69) is 10.3 Å². The van der Waals surface area contributed by atoms with Gasteiger partial charge in [-0.1, -0.05) is 47.1 Å². The summed E-state index contributed by atoms with van der Waals surface area (Å²) in [5.41, 5.74) is 2.80. The second-order valence-electron chi connectivity index (χ2n) is 8.39. The number of aromatic nitrogens is 3. The molecule has 4 aromatic rings. The van der Waals surface area contributed by atoms with E-state index in [0.717, 1.165) is 31.9 Å². The van der Waals surface area contributed by atoms with Crippen molar-refractivity contribution < 1.29 is 18.3 Å². The second-order valence-corrected chi connectivity index (χ2v) is 10.7. The Labute approximate surface area is 212 Å². The van der Waals surface area contributed by atoms with Crippen LogP contribution in [0.2, 0.25) is 5.02 Å². The first kappa shape index (κ1) is 25.3. The van der Waals surface area contributed by atoms with Crippen molar-refractivity contribution in [1.29, 1.82) is 0 Å². The predicted molar refractivity (Wildman–Crippen MR) is 139 cm³/mol. The zero-order valence-electron chi connectivity index (χ0n) is 19.5. The van der Waals surface area contributed by atoms with Crippen LogP contribution in [0.4, 0.5) is 5.69 Å². The van der Waals surface area contributed by atoms with Gasteiger partial charge in [-0.15, -0.1) is 5.10 Å². The van der Waals surface area contributed by atoms with Crippen LogP contribution in [-0.2, 0) is 21.4 Å². The average Bonchev–Trinajstić information content (AvgIpc) is 2.82. The minimum Gasteiger partial charge on any atom is -0.480 e. The Morgan fingerprint density at radius 3 is 2.25 bits per heavy atom. The highest BCUT2D eigenvalue weighted by Gasteiger charge is 2.33. The Morgan fingerprint density at radius 1 is 1.06 bits per heavy atom. The van der Waals surface area contributed by atoms with Crippen molar-refractivity contribution >= 4 is 44.2 Å². The number of rotatable bonds is 8. The molecule has 0 bridgehead atoms. The highest BCUT2D eigenvalue weighted by atomic mass is 35.5.